The zero-order chi connectivity index (χ0) is 16.2. The number of rotatable bonds is 4. The van der Waals surface area contributed by atoms with Crippen molar-refractivity contribution in [3.8, 4) is 5.75 Å². The maximum atomic E-state index is 12.1. The summed E-state index contributed by atoms with van der Waals surface area (Å²) in [6.07, 6.45) is -5.57. The molecule has 0 aromatic heterocycles. The lowest BCUT2D eigenvalue weighted by atomic mass is 10.2. The molecule has 0 heterocycles. The van der Waals surface area contributed by atoms with Crippen molar-refractivity contribution in [3.05, 3.63) is 23.8 Å². The molecule has 6 nitrogen and oxygen atoms in total. The van der Waals surface area contributed by atoms with Crippen LogP contribution in [0, 0.1) is 0 Å². The van der Waals surface area contributed by atoms with Gasteiger partial charge >= 0.3 is 18.2 Å². The topological polar surface area (TPSA) is 98.7 Å². The van der Waals surface area contributed by atoms with Crippen LogP contribution in [0.3, 0.4) is 0 Å². The van der Waals surface area contributed by atoms with E-state index in [1.807, 2.05) is 0 Å². The number of benzene rings is 1. The van der Waals surface area contributed by atoms with Gasteiger partial charge in [0, 0.05) is 17.8 Å². The first kappa shape index (κ1) is 16.6. The number of hydrogen-bond acceptors (Lipinski definition) is 3. The van der Waals surface area contributed by atoms with Crippen LogP contribution in [-0.2, 0) is 0 Å². The molecular formula is C12H13F3N2O4. The normalized spacial score (nSPS) is 12.6. The third kappa shape index (κ3) is 5.59. The molecule has 1 aromatic carbocycles. The van der Waals surface area contributed by atoms with E-state index in [-0.39, 0.29) is 11.3 Å². The number of urea groups is 1. The first-order chi connectivity index (χ1) is 9.58. The molecule has 4 N–H and O–H groups in total. The van der Waals surface area contributed by atoms with E-state index in [4.69, 9.17) is 5.11 Å². The monoisotopic (exact) mass is 306 g/mol. The van der Waals surface area contributed by atoms with Gasteiger partial charge in [-0.1, -0.05) is 0 Å². The third-order valence-corrected chi connectivity index (χ3v) is 2.40. The first-order valence-corrected chi connectivity index (χ1v) is 5.79. The molecule has 0 aliphatic rings. The molecule has 1 atom stereocenters. The van der Waals surface area contributed by atoms with E-state index in [1.54, 1.807) is 0 Å². The Balaban J connectivity index is 2.63. The quantitative estimate of drug-likeness (QED) is 0.687. The fraction of sp³-hybridized carbons (Fsp3) is 0.333. The molecule has 0 fully saturated rings. The van der Waals surface area contributed by atoms with Crippen LogP contribution in [0.25, 0.3) is 0 Å². The Hall–Kier alpha value is -2.45. The van der Waals surface area contributed by atoms with Crippen molar-refractivity contribution in [3.63, 3.8) is 0 Å². The average Bonchev–Trinajstić information content (AvgIpc) is 2.24. The van der Waals surface area contributed by atoms with Gasteiger partial charge in [0.2, 0.25) is 0 Å². The SMILES string of the molecule is CC(CC(F)(F)F)NC(=O)Nc1ccc(C(=O)O)c(O)c1. The zero-order valence-electron chi connectivity index (χ0n) is 10.9. The Bertz CT molecular complexity index is 546. The van der Waals surface area contributed by atoms with Crippen molar-refractivity contribution in [2.75, 3.05) is 5.32 Å². The maximum absolute atomic E-state index is 12.1. The number of carboxylic acid groups (broad SMARTS) is 1. The van der Waals surface area contributed by atoms with Crippen LogP contribution in [-0.4, -0.2) is 34.4 Å². The van der Waals surface area contributed by atoms with E-state index in [2.05, 4.69) is 10.6 Å². The van der Waals surface area contributed by atoms with Crippen molar-refractivity contribution in [1.29, 1.82) is 0 Å². The van der Waals surface area contributed by atoms with Crippen molar-refractivity contribution >= 4 is 17.7 Å². The molecule has 0 spiro atoms. The molecular weight excluding hydrogens is 293 g/mol. The van der Waals surface area contributed by atoms with Gasteiger partial charge in [0.25, 0.3) is 0 Å². The molecule has 116 valence electrons. The number of aromatic hydroxyl groups is 1. The number of carbonyl (C=O) groups excluding carboxylic acids is 1. The Labute approximate surface area is 117 Å². The largest absolute Gasteiger partial charge is 0.507 e. The number of aromatic carboxylic acids is 1. The first-order valence-electron chi connectivity index (χ1n) is 5.79. The minimum absolute atomic E-state index is 0.0502. The molecule has 21 heavy (non-hydrogen) atoms. The van der Waals surface area contributed by atoms with Gasteiger partial charge in [-0.05, 0) is 19.1 Å². The highest BCUT2D eigenvalue weighted by atomic mass is 19.4. The molecule has 1 rings (SSSR count). The molecule has 0 saturated carbocycles. The highest BCUT2D eigenvalue weighted by molar-refractivity contribution is 5.94. The molecule has 0 bridgehead atoms. The predicted molar refractivity (Wildman–Crippen MR) is 67.4 cm³/mol. The number of carboxylic acids is 1. The predicted octanol–water partition coefficient (Wildman–Crippen LogP) is 2.55. The average molecular weight is 306 g/mol. The summed E-state index contributed by atoms with van der Waals surface area (Å²) in [4.78, 5) is 22.1. The third-order valence-electron chi connectivity index (χ3n) is 2.40. The lowest BCUT2D eigenvalue weighted by molar-refractivity contribution is -0.138. The van der Waals surface area contributed by atoms with Crippen LogP contribution in [0.4, 0.5) is 23.7 Å². The van der Waals surface area contributed by atoms with E-state index in [0.717, 1.165) is 12.1 Å². The van der Waals surface area contributed by atoms with Crippen molar-refractivity contribution in [1.82, 2.24) is 5.32 Å². The summed E-state index contributed by atoms with van der Waals surface area (Å²) in [5, 5.41) is 22.4. The minimum Gasteiger partial charge on any atom is -0.507 e. The van der Waals surface area contributed by atoms with Gasteiger partial charge < -0.3 is 20.8 Å². The van der Waals surface area contributed by atoms with Crippen molar-refractivity contribution in [2.24, 2.45) is 0 Å². The van der Waals surface area contributed by atoms with E-state index < -0.39 is 36.4 Å². The van der Waals surface area contributed by atoms with Crippen LogP contribution in [0.5, 0.6) is 5.75 Å². The summed E-state index contributed by atoms with van der Waals surface area (Å²) in [5.74, 6) is -1.91. The molecule has 0 radical (unpaired) electrons. The van der Waals surface area contributed by atoms with E-state index >= 15 is 0 Å². The lowest BCUT2D eigenvalue weighted by Crippen LogP contribution is -2.38. The molecule has 1 aromatic rings. The second-order valence-electron chi connectivity index (χ2n) is 4.36. The molecule has 0 aliphatic heterocycles. The summed E-state index contributed by atoms with van der Waals surface area (Å²) in [6, 6.07) is 1.23. The number of hydrogen-bond donors (Lipinski definition) is 4. The number of alkyl halides is 3. The lowest BCUT2D eigenvalue weighted by Gasteiger charge is -2.16. The van der Waals surface area contributed by atoms with Crippen LogP contribution in [0.2, 0.25) is 0 Å². The van der Waals surface area contributed by atoms with Gasteiger partial charge in [-0.25, -0.2) is 9.59 Å². The Kier molecular flexibility index (Phi) is 5.01. The Morgan fingerprint density at radius 1 is 1.33 bits per heavy atom. The summed E-state index contributed by atoms with van der Waals surface area (Å²) in [6.45, 7) is 1.19. The van der Waals surface area contributed by atoms with Gasteiger partial charge in [0.1, 0.15) is 11.3 Å². The van der Waals surface area contributed by atoms with E-state index in [9.17, 15) is 27.9 Å². The number of anilines is 1. The molecule has 0 saturated heterocycles. The molecule has 2 amide bonds. The number of carbonyl (C=O) groups is 2. The second kappa shape index (κ2) is 6.33. The second-order valence-corrected chi connectivity index (χ2v) is 4.36. The van der Waals surface area contributed by atoms with Gasteiger partial charge in [-0.15, -0.1) is 0 Å². The minimum atomic E-state index is -4.39. The highest BCUT2D eigenvalue weighted by Gasteiger charge is 2.30. The van der Waals surface area contributed by atoms with Gasteiger partial charge in [0.05, 0.1) is 6.42 Å². The Morgan fingerprint density at radius 3 is 2.43 bits per heavy atom. The maximum Gasteiger partial charge on any atom is 0.391 e. The smallest absolute Gasteiger partial charge is 0.391 e. The fourth-order valence-corrected chi connectivity index (χ4v) is 1.58. The zero-order valence-corrected chi connectivity index (χ0v) is 10.9. The number of halogens is 3. The van der Waals surface area contributed by atoms with E-state index in [0.29, 0.717) is 0 Å². The number of amides is 2. The van der Waals surface area contributed by atoms with Crippen LogP contribution in [0.15, 0.2) is 18.2 Å². The van der Waals surface area contributed by atoms with Crippen molar-refractivity contribution in [2.45, 2.75) is 25.6 Å². The highest BCUT2D eigenvalue weighted by Crippen LogP contribution is 2.23. The summed E-state index contributed by atoms with van der Waals surface area (Å²) in [5.41, 5.74) is -0.305. The summed E-state index contributed by atoms with van der Waals surface area (Å²) < 4.78 is 36.3. The summed E-state index contributed by atoms with van der Waals surface area (Å²) >= 11 is 0. The fourth-order valence-electron chi connectivity index (χ4n) is 1.58. The van der Waals surface area contributed by atoms with Crippen LogP contribution in [0.1, 0.15) is 23.7 Å². The summed E-state index contributed by atoms with van der Waals surface area (Å²) in [7, 11) is 0. The van der Waals surface area contributed by atoms with Crippen LogP contribution < -0.4 is 10.6 Å². The molecule has 0 aliphatic carbocycles. The van der Waals surface area contributed by atoms with E-state index in [1.165, 1.54) is 13.0 Å². The standard InChI is InChI=1S/C12H13F3N2O4/c1-6(5-12(13,14)15)16-11(21)17-7-2-3-8(10(19)20)9(18)4-7/h2-4,6,18H,5H2,1H3,(H,19,20)(H2,16,17,21). The number of nitrogens with one attached hydrogen (secondary N) is 2. The van der Waals surface area contributed by atoms with Gasteiger partial charge in [-0.3, -0.25) is 0 Å². The Morgan fingerprint density at radius 2 is 1.95 bits per heavy atom. The molecule has 9 heteroatoms. The van der Waals surface area contributed by atoms with Gasteiger partial charge in [-0.2, -0.15) is 13.2 Å². The van der Waals surface area contributed by atoms with Gasteiger partial charge in [0.15, 0.2) is 0 Å². The van der Waals surface area contributed by atoms with Crippen LogP contribution >= 0.6 is 0 Å². The molecule has 1 unspecified atom stereocenters. The number of phenols is 1. The van der Waals surface area contributed by atoms with Crippen molar-refractivity contribution < 1.29 is 33.0 Å².